The van der Waals surface area contributed by atoms with E-state index in [1.807, 2.05) is 0 Å². The molecular formula is C10H17N3O3. The van der Waals surface area contributed by atoms with Gasteiger partial charge in [0.15, 0.2) is 0 Å². The first kappa shape index (κ1) is 14.4. The Morgan fingerprint density at radius 1 is 1.69 bits per heavy atom. The van der Waals surface area contributed by atoms with E-state index in [1.165, 1.54) is 13.3 Å². The molecule has 1 atom stereocenters. The van der Waals surface area contributed by atoms with Crippen LogP contribution < -0.4 is 10.6 Å². The van der Waals surface area contributed by atoms with E-state index in [2.05, 4.69) is 10.6 Å². The van der Waals surface area contributed by atoms with Crippen molar-refractivity contribution in [2.24, 2.45) is 0 Å². The zero-order valence-corrected chi connectivity index (χ0v) is 9.49. The summed E-state index contributed by atoms with van der Waals surface area (Å²) in [5.41, 5.74) is -0.0308. The third kappa shape index (κ3) is 6.81. The molecule has 6 heteroatoms. The van der Waals surface area contributed by atoms with Crippen LogP contribution in [0.15, 0.2) is 11.8 Å². The Hall–Kier alpha value is -1.58. The first-order chi connectivity index (χ1) is 7.61. The van der Waals surface area contributed by atoms with Crippen molar-refractivity contribution >= 4 is 5.91 Å². The first-order valence-corrected chi connectivity index (χ1v) is 4.90. The van der Waals surface area contributed by atoms with E-state index in [0.29, 0.717) is 13.2 Å². The van der Waals surface area contributed by atoms with Crippen molar-refractivity contribution in [1.29, 1.82) is 5.26 Å². The second-order valence-corrected chi connectivity index (χ2v) is 3.18. The van der Waals surface area contributed by atoms with Crippen LogP contribution in [0.4, 0.5) is 0 Å². The number of aliphatic hydroxyl groups excluding tert-OH is 1. The van der Waals surface area contributed by atoms with E-state index in [-0.39, 0.29) is 12.1 Å². The maximum atomic E-state index is 11.4. The molecule has 90 valence electrons. The number of nitrogens with one attached hydrogen (secondary N) is 2. The van der Waals surface area contributed by atoms with Crippen LogP contribution in [-0.4, -0.2) is 43.9 Å². The Balaban J connectivity index is 4.06. The molecule has 0 aliphatic heterocycles. The molecule has 3 N–H and O–H groups in total. The van der Waals surface area contributed by atoms with E-state index in [0.717, 1.165) is 0 Å². The minimum Gasteiger partial charge on any atom is -0.392 e. The van der Waals surface area contributed by atoms with E-state index >= 15 is 0 Å². The van der Waals surface area contributed by atoms with Gasteiger partial charge in [0.1, 0.15) is 11.6 Å². The Labute approximate surface area is 94.9 Å². The number of hydrogen-bond acceptors (Lipinski definition) is 5. The molecule has 0 radical (unpaired) electrons. The summed E-state index contributed by atoms with van der Waals surface area (Å²) in [6.07, 6.45) is 0.752. The van der Waals surface area contributed by atoms with Crippen molar-refractivity contribution in [3.8, 4) is 6.07 Å². The van der Waals surface area contributed by atoms with Crippen molar-refractivity contribution in [3.05, 3.63) is 11.8 Å². The third-order valence-electron chi connectivity index (χ3n) is 1.62. The first-order valence-electron chi connectivity index (χ1n) is 4.90. The predicted octanol–water partition coefficient (Wildman–Crippen LogP) is -0.873. The van der Waals surface area contributed by atoms with Gasteiger partial charge in [-0.05, 0) is 6.92 Å². The molecule has 6 nitrogen and oxygen atoms in total. The Morgan fingerprint density at radius 3 is 2.88 bits per heavy atom. The maximum absolute atomic E-state index is 11.4. The summed E-state index contributed by atoms with van der Waals surface area (Å²) < 4.78 is 4.75. The predicted molar refractivity (Wildman–Crippen MR) is 58.3 cm³/mol. The molecule has 1 unspecified atom stereocenters. The van der Waals surface area contributed by atoms with E-state index in [9.17, 15) is 4.79 Å². The molecule has 0 heterocycles. The highest BCUT2D eigenvalue weighted by Crippen LogP contribution is 1.90. The fourth-order valence-electron chi connectivity index (χ4n) is 0.842. The number of carbonyl (C=O) groups is 1. The van der Waals surface area contributed by atoms with Crippen LogP contribution in [0.2, 0.25) is 0 Å². The molecular weight excluding hydrogens is 210 g/mol. The number of amides is 1. The Kier molecular flexibility index (Phi) is 7.85. The van der Waals surface area contributed by atoms with Crippen molar-refractivity contribution in [3.63, 3.8) is 0 Å². The van der Waals surface area contributed by atoms with Crippen molar-refractivity contribution < 1.29 is 14.6 Å². The van der Waals surface area contributed by atoms with Gasteiger partial charge in [0.25, 0.3) is 5.91 Å². The van der Waals surface area contributed by atoms with Gasteiger partial charge in [0.05, 0.1) is 12.7 Å². The van der Waals surface area contributed by atoms with Gasteiger partial charge in [0, 0.05) is 26.4 Å². The van der Waals surface area contributed by atoms with Gasteiger partial charge in [0.2, 0.25) is 0 Å². The quantitative estimate of drug-likeness (QED) is 0.298. The number of nitrogens with zero attached hydrogens (tertiary/aromatic N) is 1. The minimum atomic E-state index is -0.534. The van der Waals surface area contributed by atoms with E-state index < -0.39 is 12.0 Å². The van der Waals surface area contributed by atoms with Crippen LogP contribution in [-0.2, 0) is 9.53 Å². The second kappa shape index (κ2) is 8.71. The molecule has 0 saturated carbocycles. The fourth-order valence-corrected chi connectivity index (χ4v) is 0.842. The number of aliphatic hydroxyl groups is 1. The number of rotatable bonds is 7. The standard InChI is InChI=1S/C10H17N3O3/c1-8(14)6-12-7-9(5-11)10(15)13-3-4-16-2/h7-8,12,14H,3-4,6H2,1-2H3,(H,13,15)/b9-7-. The number of methoxy groups -OCH3 is 1. The number of nitriles is 1. The lowest BCUT2D eigenvalue weighted by Crippen LogP contribution is -2.29. The summed E-state index contributed by atoms with van der Waals surface area (Å²) in [6, 6.07) is 1.77. The molecule has 0 aliphatic rings. The average Bonchev–Trinajstić information content (AvgIpc) is 2.24. The van der Waals surface area contributed by atoms with Crippen molar-refractivity contribution in [2.75, 3.05) is 26.8 Å². The molecule has 0 spiro atoms. The van der Waals surface area contributed by atoms with Crippen molar-refractivity contribution in [1.82, 2.24) is 10.6 Å². The van der Waals surface area contributed by atoms with Gasteiger partial charge in [-0.2, -0.15) is 5.26 Å². The molecule has 0 bridgehead atoms. The maximum Gasteiger partial charge on any atom is 0.263 e. The molecule has 0 aliphatic carbocycles. The van der Waals surface area contributed by atoms with Crippen LogP contribution in [0.5, 0.6) is 0 Å². The highest BCUT2D eigenvalue weighted by atomic mass is 16.5. The lowest BCUT2D eigenvalue weighted by Gasteiger charge is -2.05. The Bertz CT molecular complexity index is 282. The number of hydrogen-bond donors (Lipinski definition) is 3. The van der Waals surface area contributed by atoms with Crippen LogP contribution >= 0.6 is 0 Å². The van der Waals surface area contributed by atoms with Gasteiger partial charge >= 0.3 is 0 Å². The average molecular weight is 227 g/mol. The molecule has 0 fully saturated rings. The van der Waals surface area contributed by atoms with Gasteiger partial charge in [-0.15, -0.1) is 0 Å². The highest BCUT2D eigenvalue weighted by Gasteiger charge is 2.07. The minimum absolute atomic E-state index is 0.0308. The topological polar surface area (TPSA) is 94.4 Å². The Morgan fingerprint density at radius 2 is 2.38 bits per heavy atom. The fraction of sp³-hybridized carbons (Fsp3) is 0.600. The summed E-state index contributed by atoms with van der Waals surface area (Å²) in [5.74, 6) is -0.461. The number of carbonyl (C=O) groups excluding carboxylic acids is 1. The summed E-state index contributed by atoms with van der Waals surface area (Å²) in [5, 5.41) is 22.9. The molecule has 1 amide bonds. The zero-order chi connectivity index (χ0) is 12.4. The van der Waals surface area contributed by atoms with Crippen LogP contribution in [0.1, 0.15) is 6.92 Å². The molecule has 0 aromatic carbocycles. The van der Waals surface area contributed by atoms with Gasteiger partial charge in [-0.3, -0.25) is 4.79 Å². The van der Waals surface area contributed by atoms with E-state index in [4.69, 9.17) is 15.1 Å². The number of ether oxygens (including phenoxy) is 1. The van der Waals surface area contributed by atoms with Gasteiger partial charge in [-0.1, -0.05) is 0 Å². The normalized spacial score (nSPS) is 12.8. The summed E-state index contributed by atoms with van der Waals surface area (Å²) in [6.45, 7) is 2.64. The van der Waals surface area contributed by atoms with Crippen LogP contribution in [0.25, 0.3) is 0 Å². The molecule has 0 aromatic rings. The summed E-state index contributed by atoms with van der Waals surface area (Å²) >= 11 is 0. The van der Waals surface area contributed by atoms with Gasteiger partial charge < -0.3 is 20.5 Å². The van der Waals surface area contributed by atoms with Gasteiger partial charge in [-0.25, -0.2) is 0 Å². The molecule has 0 aromatic heterocycles. The highest BCUT2D eigenvalue weighted by molar-refractivity contribution is 5.97. The third-order valence-corrected chi connectivity index (χ3v) is 1.62. The zero-order valence-electron chi connectivity index (χ0n) is 9.49. The largest absolute Gasteiger partial charge is 0.392 e. The summed E-state index contributed by atoms with van der Waals surface area (Å²) in [7, 11) is 1.53. The van der Waals surface area contributed by atoms with Crippen molar-refractivity contribution in [2.45, 2.75) is 13.0 Å². The lowest BCUT2D eigenvalue weighted by atomic mass is 10.3. The monoisotopic (exact) mass is 227 g/mol. The lowest BCUT2D eigenvalue weighted by molar-refractivity contribution is -0.117. The SMILES string of the molecule is COCCNC(=O)/C(C#N)=C\NCC(C)O. The van der Waals surface area contributed by atoms with E-state index in [1.54, 1.807) is 13.0 Å². The smallest absolute Gasteiger partial charge is 0.263 e. The van der Waals surface area contributed by atoms with Crippen LogP contribution in [0, 0.1) is 11.3 Å². The second-order valence-electron chi connectivity index (χ2n) is 3.18. The molecule has 0 rings (SSSR count). The van der Waals surface area contributed by atoms with Crippen LogP contribution in [0.3, 0.4) is 0 Å². The summed E-state index contributed by atoms with van der Waals surface area (Å²) in [4.78, 5) is 11.4. The molecule has 16 heavy (non-hydrogen) atoms. The molecule has 0 saturated heterocycles.